The van der Waals surface area contributed by atoms with Crippen molar-refractivity contribution in [1.29, 1.82) is 0 Å². The first-order valence-corrected chi connectivity index (χ1v) is 4.64. The maximum absolute atomic E-state index is 5.67. The summed E-state index contributed by atoms with van der Waals surface area (Å²) in [5.41, 5.74) is 0. The van der Waals surface area contributed by atoms with E-state index in [1.807, 2.05) is 12.1 Å². The molecule has 0 saturated carbocycles. The average Bonchev–Trinajstić information content (AvgIpc) is 1.90. The molecule has 0 aliphatic heterocycles. The first-order chi connectivity index (χ1) is 4.33. The van der Waals surface area contributed by atoms with Crippen LogP contribution in [0.15, 0.2) is 24.3 Å². The van der Waals surface area contributed by atoms with Crippen molar-refractivity contribution < 1.29 is 0 Å². The van der Waals surface area contributed by atoms with Gasteiger partial charge in [0.25, 0.3) is 0 Å². The minimum absolute atomic E-state index is 0.817. The summed E-state index contributed by atoms with van der Waals surface area (Å²) in [7, 11) is 0.868. The van der Waals surface area contributed by atoms with Crippen LogP contribution in [0, 0.1) is 0 Å². The van der Waals surface area contributed by atoms with Crippen molar-refractivity contribution in [3.05, 3.63) is 29.3 Å². The van der Waals surface area contributed by atoms with E-state index in [0.29, 0.717) is 0 Å². The second-order valence-corrected chi connectivity index (χ2v) is 3.27. The van der Waals surface area contributed by atoms with Crippen LogP contribution in [0.3, 0.4) is 0 Å². The Morgan fingerprint density at radius 1 is 1.22 bits per heavy atom. The molecule has 0 aromatic heterocycles. The Morgan fingerprint density at radius 3 is 2.22 bits per heavy atom. The zero-order valence-electron chi connectivity index (χ0n) is 5.19. The third-order valence-electron chi connectivity index (χ3n) is 1.13. The molecule has 0 aliphatic carbocycles. The van der Waals surface area contributed by atoms with E-state index in [9.17, 15) is 0 Å². The summed E-state index contributed by atoms with van der Waals surface area (Å²) in [5.74, 6) is 0. The van der Waals surface area contributed by atoms with Gasteiger partial charge in [-0.25, -0.2) is 0 Å². The molecule has 0 heterocycles. The molecular weight excluding hydrogens is 148 g/mol. The number of rotatable bonds is 1. The third kappa shape index (κ3) is 1.84. The number of hydrogen-bond acceptors (Lipinski definition) is 0. The summed E-state index contributed by atoms with van der Waals surface area (Å²) < 4.78 is 0. The summed E-state index contributed by atoms with van der Waals surface area (Å²) in [6.45, 7) is 2.16. The zero-order chi connectivity index (χ0) is 6.69. The molecule has 1 aromatic carbocycles. The molecule has 0 bridgehead atoms. The van der Waals surface area contributed by atoms with Gasteiger partial charge in [0.15, 0.2) is 0 Å². The summed E-state index contributed by atoms with van der Waals surface area (Å²) in [6.07, 6.45) is 0. The predicted octanol–water partition coefficient (Wildman–Crippen LogP) is 1.72. The Morgan fingerprint density at radius 2 is 1.78 bits per heavy atom. The van der Waals surface area contributed by atoms with Gasteiger partial charge >= 0.3 is 0 Å². The molecule has 2 heteroatoms. The van der Waals surface area contributed by atoms with Crippen LogP contribution >= 0.6 is 11.6 Å². The van der Waals surface area contributed by atoms with E-state index in [2.05, 4.69) is 18.7 Å². The average molecular weight is 155 g/mol. The lowest BCUT2D eigenvalue weighted by Crippen LogP contribution is -2.08. The molecule has 2 radical (unpaired) electrons. The van der Waals surface area contributed by atoms with Crippen LogP contribution in [0.1, 0.15) is 0 Å². The highest BCUT2D eigenvalue weighted by Crippen LogP contribution is 2.02. The molecular formula is C7H7ClSi. The molecule has 0 nitrogen and oxygen atoms in total. The minimum atomic E-state index is 0.817. The van der Waals surface area contributed by atoms with Gasteiger partial charge in [0.2, 0.25) is 0 Å². The number of halogens is 1. The van der Waals surface area contributed by atoms with E-state index in [0.717, 1.165) is 14.5 Å². The van der Waals surface area contributed by atoms with Crippen LogP contribution in [-0.4, -0.2) is 9.52 Å². The third-order valence-corrected chi connectivity index (χ3v) is 2.30. The lowest BCUT2D eigenvalue weighted by atomic mass is 10.4. The van der Waals surface area contributed by atoms with Crippen LogP contribution < -0.4 is 5.19 Å². The Balaban J connectivity index is 2.88. The van der Waals surface area contributed by atoms with Gasteiger partial charge in [0, 0.05) is 5.02 Å². The fraction of sp³-hybridized carbons (Fsp3) is 0.143. The fourth-order valence-corrected chi connectivity index (χ4v) is 1.24. The second kappa shape index (κ2) is 3.04. The number of hydrogen-bond donors (Lipinski definition) is 0. The topological polar surface area (TPSA) is 0 Å². The maximum Gasteiger partial charge on any atom is 0.0773 e. The van der Waals surface area contributed by atoms with Crippen molar-refractivity contribution in [3.63, 3.8) is 0 Å². The van der Waals surface area contributed by atoms with Gasteiger partial charge in [-0.05, 0) is 12.1 Å². The monoisotopic (exact) mass is 154 g/mol. The van der Waals surface area contributed by atoms with Crippen LogP contribution in [0.2, 0.25) is 11.6 Å². The van der Waals surface area contributed by atoms with Crippen LogP contribution in [0.5, 0.6) is 0 Å². The highest BCUT2D eigenvalue weighted by Gasteiger charge is 1.87. The van der Waals surface area contributed by atoms with Gasteiger partial charge < -0.3 is 0 Å². The van der Waals surface area contributed by atoms with E-state index >= 15 is 0 Å². The van der Waals surface area contributed by atoms with E-state index < -0.39 is 0 Å². The lowest BCUT2D eigenvalue weighted by Gasteiger charge is -1.92. The Hall–Kier alpha value is -0.273. The van der Waals surface area contributed by atoms with Crippen LogP contribution in [0.4, 0.5) is 0 Å². The second-order valence-electron chi connectivity index (χ2n) is 1.76. The normalized spacial score (nSPS) is 9.56. The molecule has 0 fully saturated rings. The molecule has 1 aromatic rings. The molecule has 0 saturated heterocycles. The Bertz CT molecular complexity index is 181. The molecule has 9 heavy (non-hydrogen) atoms. The Kier molecular flexibility index (Phi) is 2.31. The smallest absolute Gasteiger partial charge is 0.0773 e. The molecule has 0 N–H and O–H groups in total. The van der Waals surface area contributed by atoms with Gasteiger partial charge in [-0.15, -0.1) is 0 Å². The molecule has 1 rings (SSSR count). The van der Waals surface area contributed by atoms with Gasteiger partial charge in [0.1, 0.15) is 0 Å². The van der Waals surface area contributed by atoms with Crippen LogP contribution in [0.25, 0.3) is 0 Å². The lowest BCUT2D eigenvalue weighted by molar-refractivity contribution is 1.76. The van der Waals surface area contributed by atoms with Crippen molar-refractivity contribution in [1.82, 2.24) is 0 Å². The minimum Gasteiger partial charge on any atom is -0.0843 e. The van der Waals surface area contributed by atoms with E-state index in [1.165, 1.54) is 5.19 Å². The number of benzene rings is 1. The van der Waals surface area contributed by atoms with Crippen molar-refractivity contribution in [2.45, 2.75) is 6.55 Å². The summed E-state index contributed by atoms with van der Waals surface area (Å²) in [6, 6.07) is 7.96. The molecule has 0 amide bonds. The maximum atomic E-state index is 5.67. The van der Waals surface area contributed by atoms with Gasteiger partial charge in [-0.1, -0.05) is 35.5 Å². The van der Waals surface area contributed by atoms with E-state index in [-0.39, 0.29) is 0 Å². The molecule has 0 spiro atoms. The van der Waals surface area contributed by atoms with Crippen LogP contribution in [-0.2, 0) is 0 Å². The first kappa shape index (κ1) is 6.84. The van der Waals surface area contributed by atoms with Gasteiger partial charge in [-0.3, -0.25) is 0 Å². The van der Waals surface area contributed by atoms with Crippen molar-refractivity contribution in [2.75, 3.05) is 0 Å². The fourth-order valence-electron chi connectivity index (χ4n) is 0.617. The van der Waals surface area contributed by atoms with E-state index in [1.54, 1.807) is 0 Å². The molecule has 0 atom stereocenters. The highest BCUT2D eigenvalue weighted by molar-refractivity contribution is 6.52. The van der Waals surface area contributed by atoms with E-state index in [4.69, 9.17) is 11.6 Å². The van der Waals surface area contributed by atoms with Gasteiger partial charge in [-0.2, -0.15) is 0 Å². The Labute approximate surface area is 62.7 Å². The summed E-state index contributed by atoms with van der Waals surface area (Å²) in [4.78, 5) is 0. The van der Waals surface area contributed by atoms with Crippen molar-refractivity contribution >= 4 is 26.3 Å². The largest absolute Gasteiger partial charge is 0.0843 e. The van der Waals surface area contributed by atoms with Crippen molar-refractivity contribution in [3.8, 4) is 0 Å². The summed E-state index contributed by atoms with van der Waals surface area (Å²) in [5, 5.41) is 2.18. The zero-order valence-corrected chi connectivity index (χ0v) is 6.94. The SMILES string of the molecule is C[Si]c1ccc(Cl)cc1. The summed E-state index contributed by atoms with van der Waals surface area (Å²) >= 11 is 5.67. The molecule has 0 unspecified atom stereocenters. The predicted molar refractivity (Wildman–Crippen MR) is 42.7 cm³/mol. The van der Waals surface area contributed by atoms with Crippen molar-refractivity contribution in [2.24, 2.45) is 0 Å². The quantitative estimate of drug-likeness (QED) is 0.541. The standard InChI is InChI=1S/C7H7ClSi/c1-9-7-4-2-6(8)3-5-7/h2-5H,1H3. The first-order valence-electron chi connectivity index (χ1n) is 2.76. The van der Waals surface area contributed by atoms with Gasteiger partial charge in [0.05, 0.1) is 9.52 Å². The molecule has 46 valence electrons. The molecule has 0 aliphatic rings. The highest BCUT2D eigenvalue weighted by atomic mass is 35.5.